The molecule has 0 spiro atoms. The summed E-state index contributed by atoms with van der Waals surface area (Å²) in [4.78, 5) is 12.0. The van der Waals surface area contributed by atoms with Gasteiger partial charge < -0.3 is 10.2 Å². The number of aliphatic hydroxyl groups is 2. The molecule has 1 aliphatic rings. The normalized spacial score (nSPS) is 28.0. The summed E-state index contributed by atoms with van der Waals surface area (Å²) in [7, 11) is 0. The number of hydrogen-bond acceptors (Lipinski definition) is 3. The Kier molecular flexibility index (Phi) is 2.73. The third-order valence-corrected chi connectivity index (χ3v) is 2.61. The van der Waals surface area contributed by atoms with Crippen LogP contribution in [0.25, 0.3) is 0 Å². The second kappa shape index (κ2) is 4.04. The standard InChI is InChI=1S/C13H12O3/c14-11-8-4-5-9-13(11,16)12(15)10-6-2-1-3-7-10/h1-9,11,14,16H. The van der Waals surface area contributed by atoms with E-state index >= 15 is 0 Å². The third-order valence-electron chi connectivity index (χ3n) is 2.61. The molecule has 82 valence electrons. The van der Waals surface area contributed by atoms with Crippen LogP contribution in [-0.2, 0) is 0 Å². The molecule has 3 nitrogen and oxygen atoms in total. The minimum Gasteiger partial charge on any atom is -0.385 e. The summed E-state index contributed by atoms with van der Waals surface area (Å²) >= 11 is 0. The van der Waals surface area contributed by atoms with E-state index in [0.717, 1.165) is 0 Å². The van der Waals surface area contributed by atoms with Crippen molar-refractivity contribution < 1.29 is 15.0 Å². The van der Waals surface area contributed by atoms with E-state index in [1.807, 2.05) is 0 Å². The SMILES string of the molecule is O=C(c1ccccc1)C1(O)C=CC=CC1O. The van der Waals surface area contributed by atoms with Gasteiger partial charge in [-0.05, 0) is 6.08 Å². The Morgan fingerprint density at radius 3 is 2.50 bits per heavy atom. The Labute approximate surface area is 93.4 Å². The minimum atomic E-state index is -1.85. The molecule has 0 aliphatic heterocycles. The van der Waals surface area contributed by atoms with Crippen LogP contribution in [0.4, 0.5) is 0 Å². The fourth-order valence-electron chi connectivity index (χ4n) is 1.65. The molecule has 0 fully saturated rings. The fourth-order valence-corrected chi connectivity index (χ4v) is 1.65. The Morgan fingerprint density at radius 2 is 1.88 bits per heavy atom. The lowest BCUT2D eigenvalue weighted by atomic mass is 9.85. The Bertz CT molecular complexity index is 448. The third kappa shape index (κ3) is 1.71. The quantitative estimate of drug-likeness (QED) is 0.727. The summed E-state index contributed by atoms with van der Waals surface area (Å²) in [6.07, 6.45) is 4.64. The van der Waals surface area contributed by atoms with Gasteiger partial charge in [0.25, 0.3) is 0 Å². The van der Waals surface area contributed by atoms with Crippen molar-refractivity contribution in [3.8, 4) is 0 Å². The number of hydrogen-bond donors (Lipinski definition) is 2. The molecule has 0 saturated carbocycles. The molecule has 0 aromatic heterocycles. The number of ketones is 1. The predicted molar refractivity (Wildman–Crippen MR) is 60.0 cm³/mol. The van der Waals surface area contributed by atoms with Crippen LogP contribution >= 0.6 is 0 Å². The number of allylic oxidation sites excluding steroid dienone is 2. The molecule has 1 aromatic rings. The molecule has 3 heteroatoms. The lowest BCUT2D eigenvalue weighted by molar-refractivity contribution is -0.00263. The van der Waals surface area contributed by atoms with Crippen molar-refractivity contribution in [3.63, 3.8) is 0 Å². The molecule has 2 unspecified atom stereocenters. The minimum absolute atomic E-state index is 0.379. The van der Waals surface area contributed by atoms with E-state index in [1.165, 1.54) is 12.2 Å². The molecule has 0 saturated heterocycles. The summed E-state index contributed by atoms with van der Waals surface area (Å²) in [6, 6.07) is 8.43. The first kappa shape index (κ1) is 10.8. The van der Waals surface area contributed by atoms with E-state index in [-0.39, 0.29) is 0 Å². The van der Waals surface area contributed by atoms with Gasteiger partial charge >= 0.3 is 0 Å². The van der Waals surface area contributed by atoms with E-state index in [0.29, 0.717) is 5.56 Å². The number of carbonyl (C=O) groups excluding carboxylic acids is 1. The van der Waals surface area contributed by atoms with Gasteiger partial charge in [-0.15, -0.1) is 0 Å². The number of aliphatic hydroxyl groups excluding tert-OH is 1. The predicted octanol–water partition coefficient (Wildman–Crippen LogP) is 1.09. The highest BCUT2D eigenvalue weighted by atomic mass is 16.3. The van der Waals surface area contributed by atoms with Crippen molar-refractivity contribution in [1.82, 2.24) is 0 Å². The average molecular weight is 216 g/mol. The monoisotopic (exact) mass is 216 g/mol. The van der Waals surface area contributed by atoms with Gasteiger partial charge in [-0.3, -0.25) is 4.79 Å². The van der Waals surface area contributed by atoms with Crippen LogP contribution < -0.4 is 0 Å². The second-order valence-corrected chi connectivity index (χ2v) is 3.71. The largest absolute Gasteiger partial charge is 0.385 e. The van der Waals surface area contributed by atoms with Crippen molar-refractivity contribution >= 4 is 5.78 Å². The highest BCUT2D eigenvalue weighted by molar-refractivity contribution is 6.04. The Hall–Kier alpha value is -1.71. The summed E-state index contributed by atoms with van der Waals surface area (Å²) < 4.78 is 0. The fraction of sp³-hybridized carbons (Fsp3) is 0.154. The molecule has 0 bridgehead atoms. The molecule has 16 heavy (non-hydrogen) atoms. The second-order valence-electron chi connectivity index (χ2n) is 3.71. The van der Waals surface area contributed by atoms with Gasteiger partial charge in [-0.1, -0.05) is 48.6 Å². The molecule has 2 atom stereocenters. The summed E-state index contributed by atoms with van der Waals surface area (Å²) in [5, 5.41) is 19.8. The van der Waals surface area contributed by atoms with Gasteiger partial charge in [-0.2, -0.15) is 0 Å². The van der Waals surface area contributed by atoms with E-state index in [1.54, 1.807) is 42.5 Å². The lowest BCUT2D eigenvalue weighted by Gasteiger charge is -2.28. The van der Waals surface area contributed by atoms with Gasteiger partial charge in [0.05, 0.1) is 0 Å². The molecular formula is C13H12O3. The molecule has 2 rings (SSSR count). The van der Waals surface area contributed by atoms with Crippen molar-refractivity contribution in [2.75, 3.05) is 0 Å². The molecule has 1 aliphatic carbocycles. The van der Waals surface area contributed by atoms with Crippen LogP contribution in [-0.4, -0.2) is 27.7 Å². The van der Waals surface area contributed by atoms with Gasteiger partial charge in [0, 0.05) is 5.56 Å². The first-order valence-corrected chi connectivity index (χ1v) is 5.01. The molecular weight excluding hydrogens is 204 g/mol. The van der Waals surface area contributed by atoms with Gasteiger partial charge in [0.2, 0.25) is 5.78 Å². The van der Waals surface area contributed by atoms with E-state index in [4.69, 9.17) is 0 Å². The Morgan fingerprint density at radius 1 is 1.19 bits per heavy atom. The van der Waals surface area contributed by atoms with E-state index in [9.17, 15) is 15.0 Å². The highest BCUT2D eigenvalue weighted by Gasteiger charge is 2.40. The smallest absolute Gasteiger partial charge is 0.201 e. The summed E-state index contributed by atoms with van der Waals surface area (Å²) in [5.74, 6) is -0.499. The zero-order chi connectivity index (χ0) is 11.6. The zero-order valence-electron chi connectivity index (χ0n) is 8.58. The molecule has 0 heterocycles. The van der Waals surface area contributed by atoms with Crippen molar-refractivity contribution in [2.45, 2.75) is 11.7 Å². The first-order valence-electron chi connectivity index (χ1n) is 5.01. The van der Waals surface area contributed by atoms with Crippen LogP contribution in [0.2, 0.25) is 0 Å². The van der Waals surface area contributed by atoms with E-state index in [2.05, 4.69) is 0 Å². The maximum atomic E-state index is 12.0. The van der Waals surface area contributed by atoms with Gasteiger partial charge in [0.15, 0.2) is 5.60 Å². The highest BCUT2D eigenvalue weighted by Crippen LogP contribution is 2.23. The van der Waals surface area contributed by atoms with Crippen LogP contribution in [0, 0.1) is 0 Å². The van der Waals surface area contributed by atoms with Gasteiger partial charge in [0.1, 0.15) is 6.10 Å². The maximum absolute atomic E-state index is 12.0. The van der Waals surface area contributed by atoms with Crippen LogP contribution in [0.5, 0.6) is 0 Å². The van der Waals surface area contributed by atoms with E-state index < -0.39 is 17.5 Å². The Balaban J connectivity index is 2.35. The molecule has 0 radical (unpaired) electrons. The van der Waals surface area contributed by atoms with Crippen LogP contribution in [0.15, 0.2) is 54.6 Å². The summed E-state index contributed by atoms with van der Waals surface area (Å²) in [5.41, 5.74) is -1.47. The van der Waals surface area contributed by atoms with Crippen LogP contribution in [0.3, 0.4) is 0 Å². The molecule has 2 N–H and O–H groups in total. The number of rotatable bonds is 2. The van der Waals surface area contributed by atoms with Crippen LogP contribution in [0.1, 0.15) is 10.4 Å². The van der Waals surface area contributed by atoms with Crippen molar-refractivity contribution in [3.05, 3.63) is 60.2 Å². The number of Topliss-reactive ketones (excluding diaryl/α,β-unsaturated/α-hetero) is 1. The first-order chi connectivity index (χ1) is 7.64. The maximum Gasteiger partial charge on any atom is 0.201 e. The summed E-state index contributed by atoms with van der Waals surface area (Å²) in [6.45, 7) is 0. The van der Waals surface area contributed by atoms with Crippen molar-refractivity contribution in [2.24, 2.45) is 0 Å². The topological polar surface area (TPSA) is 57.5 Å². The van der Waals surface area contributed by atoms with Gasteiger partial charge in [-0.25, -0.2) is 0 Å². The average Bonchev–Trinajstić information content (AvgIpc) is 2.33. The lowest BCUT2D eigenvalue weighted by Crippen LogP contribution is -2.47. The molecule has 1 aromatic carbocycles. The number of carbonyl (C=O) groups is 1. The van der Waals surface area contributed by atoms with Crippen molar-refractivity contribution in [1.29, 1.82) is 0 Å². The number of benzene rings is 1. The molecule has 0 amide bonds. The zero-order valence-corrected chi connectivity index (χ0v) is 8.58.